The van der Waals surface area contributed by atoms with Crippen molar-refractivity contribution < 1.29 is 9.53 Å². The molecule has 0 spiro atoms. The van der Waals surface area contributed by atoms with Crippen LogP contribution in [0.5, 0.6) is 0 Å². The van der Waals surface area contributed by atoms with Gasteiger partial charge in [-0.15, -0.1) is 0 Å². The quantitative estimate of drug-likeness (QED) is 0.622. The van der Waals surface area contributed by atoms with E-state index in [0.29, 0.717) is 30.3 Å². The first kappa shape index (κ1) is 19.1. The molecule has 0 heterocycles. The Labute approximate surface area is 159 Å². The minimum Gasteiger partial charge on any atom is -0.464 e. The third kappa shape index (κ3) is 4.17. The van der Waals surface area contributed by atoms with Crippen molar-refractivity contribution in [2.75, 3.05) is 27.2 Å². The first-order valence-electron chi connectivity index (χ1n) is 9.28. The zero-order valence-electron chi connectivity index (χ0n) is 16.1. The standard InChI is InChI=1S/C23H25NO3/c1-4-19(23(26)27-14-13-24(2)3)17-11-12-21-18(15-17)10-9-16-7-5-6-8-20(16)22(21)25/h5-12,15,19H,4,13-14H2,1-3H3. The van der Waals surface area contributed by atoms with Crippen molar-refractivity contribution in [1.82, 2.24) is 4.90 Å². The van der Waals surface area contributed by atoms with Crippen LogP contribution in [-0.4, -0.2) is 38.1 Å². The number of carbonyl (C=O) groups excluding carboxylic acids is 1. The normalized spacial score (nSPS) is 12.4. The molecule has 3 aromatic rings. The summed E-state index contributed by atoms with van der Waals surface area (Å²) in [4.78, 5) is 27.4. The average Bonchev–Trinajstić information content (AvgIpc) is 2.79. The van der Waals surface area contributed by atoms with Gasteiger partial charge in [0, 0.05) is 17.3 Å². The molecule has 0 fully saturated rings. The molecule has 0 saturated heterocycles. The summed E-state index contributed by atoms with van der Waals surface area (Å²) in [6.07, 6.45) is 0.650. The average molecular weight is 363 g/mol. The van der Waals surface area contributed by atoms with E-state index in [4.69, 9.17) is 4.74 Å². The fourth-order valence-electron chi connectivity index (χ4n) is 3.28. The third-order valence-electron chi connectivity index (χ3n) is 4.85. The predicted octanol–water partition coefficient (Wildman–Crippen LogP) is 3.95. The van der Waals surface area contributed by atoms with Gasteiger partial charge in [-0.3, -0.25) is 9.59 Å². The van der Waals surface area contributed by atoms with E-state index in [0.717, 1.165) is 16.3 Å². The van der Waals surface area contributed by atoms with E-state index in [2.05, 4.69) is 0 Å². The van der Waals surface area contributed by atoms with Crippen molar-refractivity contribution in [3.8, 4) is 0 Å². The van der Waals surface area contributed by atoms with E-state index in [1.807, 2.05) is 80.5 Å². The summed E-state index contributed by atoms with van der Waals surface area (Å²) in [6.45, 7) is 3.04. The van der Waals surface area contributed by atoms with Crippen LogP contribution in [-0.2, 0) is 9.53 Å². The van der Waals surface area contributed by atoms with Crippen LogP contribution in [0.15, 0.2) is 59.4 Å². The Bertz CT molecular complexity index is 1030. The monoisotopic (exact) mass is 363 g/mol. The fraction of sp³-hybridized carbons (Fsp3) is 0.304. The maximum absolute atomic E-state index is 12.9. The highest BCUT2D eigenvalue weighted by Gasteiger charge is 2.20. The molecule has 4 nitrogen and oxygen atoms in total. The van der Waals surface area contributed by atoms with E-state index in [1.54, 1.807) is 0 Å². The topological polar surface area (TPSA) is 46.6 Å². The number of hydrogen-bond acceptors (Lipinski definition) is 4. The Balaban J connectivity index is 1.99. The van der Waals surface area contributed by atoms with Crippen LogP contribution in [0.1, 0.15) is 24.8 Å². The molecule has 4 heteroatoms. The number of esters is 1. The van der Waals surface area contributed by atoms with Gasteiger partial charge in [-0.1, -0.05) is 61.5 Å². The highest BCUT2D eigenvalue weighted by molar-refractivity contribution is 5.94. The maximum Gasteiger partial charge on any atom is 0.313 e. The predicted molar refractivity (Wildman–Crippen MR) is 110 cm³/mol. The largest absolute Gasteiger partial charge is 0.464 e. The fourth-order valence-corrected chi connectivity index (χ4v) is 3.28. The van der Waals surface area contributed by atoms with E-state index in [1.165, 1.54) is 0 Å². The Morgan fingerprint density at radius 3 is 2.44 bits per heavy atom. The molecule has 1 unspecified atom stereocenters. The number of carbonyl (C=O) groups is 1. The second-order valence-electron chi connectivity index (χ2n) is 7.03. The Morgan fingerprint density at radius 2 is 1.70 bits per heavy atom. The molecule has 3 rings (SSSR count). The van der Waals surface area contributed by atoms with Gasteiger partial charge in [-0.2, -0.15) is 0 Å². The highest BCUT2D eigenvalue weighted by Crippen LogP contribution is 2.25. The smallest absolute Gasteiger partial charge is 0.313 e. The molecule has 0 amide bonds. The van der Waals surface area contributed by atoms with E-state index < -0.39 is 0 Å². The first-order valence-corrected chi connectivity index (χ1v) is 9.28. The van der Waals surface area contributed by atoms with Gasteiger partial charge < -0.3 is 9.64 Å². The van der Waals surface area contributed by atoms with Crippen LogP contribution >= 0.6 is 0 Å². The Morgan fingerprint density at radius 1 is 1.00 bits per heavy atom. The second kappa shape index (κ2) is 8.31. The second-order valence-corrected chi connectivity index (χ2v) is 7.03. The lowest BCUT2D eigenvalue weighted by Gasteiger charge is -2.16. The molecule has 140 valence electrons. The number of hydrogen-bond donors (Lipinski definition) is 0. The van der Waals surface area contributed by atoms with Gasteiger partial charge in [-0.05, 0) is 36.9 Å². The zero-order valence-corrected chi connectivity index (χ0v) is 16.1. The van der Waals surface area contributed by atoms with Crippen LogP contribution in [0.25, 0.3) is 21.5 Å². The number of likely N-dealkylation sites (N-methyl/N-ethyl adjacent to an activating group) is 1. The highest BCUT2D eigenvalue weighted by atomic mass is 16.5. The maximum atomic E-state index is 12.9. The first-order chi connectivity index (χ1) is 13.0. The number of rotatable bonds is 6. The van der Waals surface area contributed by atoms with E-state index in [-0.39, 0.29) is 17.3 Å². The molecule has 0 radical (unpaired) electrons. The number of benzene rings is 2. The minimum atomic E-state index is -0.327. The molecule has 0 aliphatic rings. The van der Waals surface area contributed by atoms with Gasteiger partial charge in [0.2, 0.25) is 0 Å². The number of nitrogens with zero attached hydrogens (tertiary/aromatic N) is 1. The lowest BCUT2D eigenvalue weighted by Crippen LogP contribution is -2.23. The Hall–Kier alpha value is -2.72. The summed E-state index contributed by atoms with van der Waals surface area (Å²) in [7, 11) is 3.89. The van der Waals surface area contributed by atoms with Gasteiger partial charge in [0.05, 0.1) is 5.92 Å². The summed E-state index contributed by atoms with van der Waals surface area (Å²) < 4.78 is 5.44. The van der Waals surface area contributed by atoms with Crippen LogP contribution in [0.4, 0.5) is 0 Å². The van der Waals surface area contributed by atoms with Gasteiger partial charge in [0.15, 0.2) is 5.43 Å². The van der Waals surface area contributed by atoms with E-state index >= 15 is 0 Å². The summed E-state index contributed by atoms with van der Waals surface area (Å²) in [5, 5.41) is 3.12. The molecule has 0 N–H and O–H groups in total. The molecular weight excluding hydrogens is 338 g/mol. The van der Waals surface area contributed by atoms with Crippen LogP contribution < -0.4 is 5.43 Å². The van der Waals surface area contributed by atoms with Gasteiger partial charge in [0.1, 0.15) is 6.61 Å². The van der Waals surface area contributed by atoms with Crippen molar-refractivity contribution in [1.29, 1.82) is 0 Å². The molecule has 1 atom stereocenters. The number of ether oxygens (including phenoxy) is 1. The van der Waals surface area contributed by atoms with Crippen molar-refractivity contribution in [3.05, 3.63) is 70.4 Å². The summed E-state index contributed by atoms with van der Waals surface area (Å²) in [6, 6.07) is 17.1. The molecule has 27 heavy (non-hydrogen) atoms. The van der Waals surface area contributed by atoms with Crippen molar-refractivity contribution in [2.24, 2.45) is 0 Å². The van der Waals surface area contributed by atoms with Gasteiger partial charge in [0.25, 0.3) is 0 Å². The lowest BCUT2D eigenvalue weighted by atomic mass is 9.94. The molecule has 3 aromatic carbocycles. The van der Waals surface area contributed by atoms with E-state index in [9.17, 15) is 9.59 Å². The Kier molecular flexibility index (Phi) is 5.87. The summed E-state index contributed by atoms with van der Waals surface area (Å²) in [5.41, 5.74) is 0.897. The van der Waals surface area contributed by atoms with Gasteiger partial charge in [-0.25, -0.2) is 0 Å². The molecular formula is C23H25NO3. The summed E-state index contributed by atoms with van der Waals surface area (Å²) >= 11 is 0. The SMILES string of the molecule is CCC(C(=O)OCCN(C)C)c1ccc2c(=O)c3ccccc3ccc2c1. The molecule has 0 aliphatic carbocycles. The molecule has 0 bridgehead atoms. The number of fused-ring (bicyclic) bond motifs is 2. The van der Waals surface area contributed by atoms with Crippen molar-refractivity contribution in [3.63, 3.8) is 0 Å². The van der Waals surface area contributed by atoms with Crippen molar-refractivity contribution >= 4 is 27.5 Å². The molecule has 0 aliphatic heterocycles. The van der Waals surface area contributed by atoms with Crippen molar-refractivity contribution in [2.45, 2.75) is 19.3 Å². The van der Waals surface area contributed by atoms with Crippen LogP contribution in [0.3, 0.4) is 0 Å². The zero-order chi connectivity index (χ0) is 19.4. The third-order valence-corrected chi connectivity index (χ3v) is 4.85. The van der Waals surface area contributed by atoms with Gasteiger partial charge >= 0.3 is 5.97 Å². The van der Waals surface area contributed by atoms with Crippen LogP contribution in [0, 0.1) is 0 Å². The van der Waals surface area contributed by atoms with Crippen LogP contribution in [0.2, 0.25) is 0 Å². The minimum absolute atomic E-state index is 0.0127. The lowest BCUT2D eigenvalue weighted by molar-refractivity contribution is -0.145. The molecule has 0 saturated carbocycles. The summed E-state index contributed by atoms with van der Waals surface area (Å²) in [5.74, 6) is -0.543. The molecule has 0 aromatic heterocycles.